The summed E-state index contributed by atoms with van der Waals surface area (Å²) in [5.74, 6) is 0.248. The van der Waals surface area contributed by atoms with Crippen LogP contribution in [0.1, 0.15) is 40.0 Å². The Morgan fingerprint density at radius 2 is 2.21 bits per heavy atom. The van der Waals surface area contributed by atoms with Crippen molar-refractivity contribution in [2.24, 2.45) is 0 Å². The molecule has 0 amide bonds. The highest BCUT2D eigenvalue weighted by atomic mass is 16.3. The van der Waals surface area contributed by atoms with Crippen LogP contribution in [0.3, 0.4) is 0 Å². The van der Waals surface area contributed by atoms with E-state index < -0.39 is 5.60 Å². The van der Waals surface area contributed by atoms with Gasteiger partial charge in [0.2, 0.25) is 0 Å². The number of ketones is 1. The molecule has 1 rings (SSSR count). The van der Waals surface area contributed by atoms with Crippen molar-refractivity contribution in [3.8, 4) is 0 Å². The molecule has 14 heavy (non-hydrogen) atoms. The molecular weight excluding hydrogens is 178 g/mol. The van der Waals surface area contributed by atoms with Crippen LogP contribution >= 0.6 is 0 Å². The molecule has 0 bridgehead atoms. The molecule has 0 aromatic heterocycles. The molecule has 0 aromatic rings. The number of hydrogen-bond donors (Lipinski definition) is 1. The highest BCUT2D eigenvalue weighted by molar-refractivity contribution is 5.76. The minimum Gasteiger partial charge on any atom is -0.389 e. The molecule has 1 aliphatic rings. The molecule has 0 aliphatic carbocycles. The summed E-state index contributed by atoms with van der Waals surface area (Å²) in [6.07, 6.45) is 2.87. The number of hydrogen-bond acceptors (Lipinski definition) is 3. The maximum absolute atomic E-state index is 11.0. The van der Waals surface area contributed by atoms with Gasteiger partial charge >= 0.3 is 0 Å². The van der Waals surface area contributed by atoms with Crippen molar-refractivity contribution in [2.75, 3.05) is 13.1 Å². The van der Waals surface area contributed by atoms with Crippen molar-refractivity contribution in [3.63, 3.8) is 0 Å². The van der Waals surface area contributed by atoms with Gasteiger partial charge in [0.25, 0.3) is 0 Å². The van der Waals surface area contributed by atoms with Crippen molar-refractivity contribution in [1.82, 2.24) is 4.90 Å². The minimum absolute atomic E-state index is 0.248. The van der Waals surface area contributed by atoms with Crippen LogP contribution in [0.25, 0.3) is 0 Å². The standard InChI is InChI=1S/C11H21NO2/c1-9(13)7-10-5-4-6-12(10)8-11(2,3)14/h10,14H,4-8H2,1-3H3. The third-order valence-corrected chi connectivity index (χ3v) is 2.61. The zero-order chi connectivity index (χ0) is 10.8. The average Bonchev–Trinajstić information content (AvgIpc) is 2.32. The van der Waals surface area contributed by atoms with Gasteiger partial charge in [0.1, 0.15) is 5.78 Å². The van der Waals surface area contributed by atoms with Gasteiger partial charge in [-0.05, 0) is 40.2 Å². The lowest BCUT2D eigenvalue weighted by Gasteiger charge is -2.29. The largest absolute Gasteiger partial charge is 0.389 e. The summed E-state index contributed by atoms with van der Waals surface area (Å²) in [5.41, 5.74) is -0.653. The first-order valence-electron chi connectivity index (χ1n) is 5.34. The predicted octanol–water partition coefficient (Wildman–Crippen LogP) is 1.20. The van der Waals surface area contributed by atoms with Gasteiger partial charge in [0, 0.05) is 19.0 Å². The van der Waals surface area contributed by atoms with Crippen LogP contribution in [0.5, 0.6) is 0 Å². The number of carbonyl (C=O) groups is 1. The van der Waals surface area contributed by atoms with E-state index in [-0.39, 0.29) is 5.78 Å². The number of β-amino-alcohol motifs (C(OH)–C–C–N with tert-alkyl or cyclic N) is 1. The second-order valence-electron chi connectivity index (χ2n) is 4.99. The fourth-order valence-corrected chi connectivity index (χ4v) is 2.16. The summed E-state index contributed by atoms with van der Waals surface area (Å²) in [4.78, 5) is 13.3. The Morgan fingerprint density at radius 3 is 2.71 bits per heavy atom. The zero-order valence-corrected chi connectivity index (χ0v) is 9.42. The van der Waals surface area contributed by atoms with Crippen LogP contribution in [-0.2, 0) is 4.79 Å². The molecule has 1 fully saturated rings. The van der Waals surface area contributed by atoms with E-state index in [2.05, 4.69) is 4.90 Å². The first kappa shape index (κ1) is 11.7. The maximum atomic E-state index is 11.0. The molecule has 1 unspecified atom stereocenters. The summed E-state index contributed by atoms with van der Waals surface area (Å²) in [6, 6.07) is 0.360. The van der Waals surface area contributed by atoms with Crippen LogP contribution in [0, 0.1) is 0 Å². The first-order valence-corrected chi connectivity index (χ1v) is 5.34. The van der Waals surface area contributed by atoms with Gasteiger partial charge in [-0.25, -0.2) is 0 Å². The highest BCUT2D eigenvalue weighted by Gasteiger charge is 2.29. The third kappa shape index (κ3) is 3.76. The molecule has 82 valence electrons. The van der Waals surface area contributed by atoms with Crippen LogP contribution < -0.4 is 0 Å². The van der Waals surface area contributed by atoms with Gasteiger partial charge in [-0.2, -0.15) is 0 Å². The minimum atomic E-state index is -0.653. The number of aliphatic hydroxyl groups is 1. The van der Waals surface area contributed by atoms with E-state index in [1.807, 2.05) is 13.8 Å². The van der Waals surface area contributed by atoms with E-state index in [0.717, 1.165) is 19.4 Å². The van der Waals surface area contributed by atoms with Crippen LogP contribution in [0.15, 0.2) is 0 Å². The fourth-order valence-electron chi connectivity index (χ4n) is 2.16. The van der Waals surface area contributed by atoms with Gasteiger partial charge in [0.05, 0.1) is 5.60 Å². The monoisotopic (exact) mass is 199 g/mol. The number of rotatable bonds is 4. The summed E-state index contributed by atoms with van der Waals surface area (Å²) >= 11 is 0. The molecule has 0 saturated carbocycles. The van der Waals surface area contributed by atoms with Gasteiger partial charge < -0.3 is 5.11 Å². The Hall–Kier alpha value is -0.410. The molecule has 0 spiro atoms. The molecule has 3 heteroatoms. The molecule has 1 N–H and O–H groups in total. The molecule has 0 aromatic carbocycles. The summed E-state index contributed by atoms with van der Waals surface area (Å²) in [6.45, 7) is 6.96. The smallest absolute Gasteiger partial charge is 0.131 e. The van der Waals surface area contributed by atoms with Gasteiger partial charge in [0.15, 0.2) is 0 Å². The third-order valence-electron chi connectivity index (χ3n) is 2.61. The summed E-state index contributed by atoms with van der Waals surface area (Å²) in [5, 5.41) is 9.70. The van der Waals surface area contributed by atoms with Crippen LogP contribution in [0.2, 0.25) is 0 Å². The number of likely N-dealkylation sites (tertiary alicyclic amines) is 1. The van der Waals surface area contributed by atoms with E-state index in [9.17, 15) is 9.90 Å². The van der Waals surface area contributed by atoms with Crippen molar-refractivity contribution >= 4 is 5.78 Å². The quantitative estimate of drug-likeness (QED) is 0.739. The second-order valence-corrected chi connectivity index (χ2v) is 4.99. The number of nitrogens with zero attached hydrogens (tertiary/aromatic N) is 1. The second kappa shape index (κ2) is 4.41. The van der Waals surface area contributed by atoms with Gasteiger partial charge in [-0.1, -0.05) is 0 Å². The maximum Gasteiger partial charge on any atom is 0.131 e. The molecular formula is C11H21NO2. The normalized spacial score (nSPS) is 24.1. The summed E-state index contributed by atoms with van der Waals surface area (Å²) in [7, 11) is 0. The predicted molar refractivity (Wildman–Crippen MR) is 56.2 cm³/mol. The van der Waals surface area contributed by atoms with E-state index in [1.54, 1.807) is 6.92 Å². The topological polar surface area (TPSA) is 40.5 Å². The van der Waals surface area contributed by atoms with Crippen LogP contribution in [-0.4, -0.2) is 40.5 Å². The fraction of sp³-hybridized carbons (Fsp3) is 0.909. The van der Waals surface area contributed by atoms with E-state index >= 15 is 0 Å². The van der Waals surface area contributed by atoms with Gasteiger partial charge in [-0.3, -0.25) is 9.69 Å². The van der Waals surface area contributed by atoms with Crippen LogP contribution in [0.4, 0.5) is 0 Å². The summed E-state index contributed by atoms with van der Waals surface area (Å²) < 4.78 is 0. The molecule has 1 aliphatic heterocycles. The Kier molecular flexibility index (Phi) is 3.67. The van der Waals surface area contributed by atoms with E-state index in [1.165, 1.54) is 0 Å². The van der Waals surface area contributed by atoms with Crippen molar-refractivity contribution in [1.29, 1.82) is 0 Å². The van der Waals surface area contributed by atoms with Gasteiger partial charge in [-0.15, -0.1) is 0 Å². The lowest BCUT2D eigenvalue weighted by molar-refractivity contribution is -0.118. The molecule has 1 atom stereocenters. The lowest BCUT2D eigenvalue weighted by Crippen LogP contribution is -2.41. The first-order chi connectivity index (χ1) is 6.38. The SMILES string of the molecule is CC(=O)CC1CCCN1CC(C)(C)O. The van der Waals surface area contributed by atoms with E-state index in [4.69, 9.17) is 0 Å². The molecule has 3 nitrogen and oxygen atoms in total. The Balaban J connectivity index is 2.47. The lowest BCUT2D eigenvalue weighted by atomic mass is 10.1. The van der Waals surface area contributed by atoms with Crippen molar-refractivity contribution in [3.05, 3.63) is 0 Å². The van der Waals surface area contributed by atoms with Crippen molar-refractivity contribution in [2.45, 2.75) is 51.7 Å². The number of carbonyl (C=O) groups excluding carboxylic acids is 1. The average molecular weight is 199 g/mol. The Bertz CT molecular complexity index is 208. The molecule has 1 saturated heterocycles. The van der Waals surface area contributed by atoms with Crippen molar-refractivity contribution < 1.29 is 9.90 Å². The molecule has 0 radical (unpaired) electrons. The zero-order valence-electron chi connectivity index (χ0n) is 9.42. The molecule has 1 heterocycles. The number of Topliss-reactive ketones (excluding diaryl/α,β-unsaturated/α-hetero) is 1. The highest BCUT2D eigenvalue weighted by Crippen LogP contribution is 2.22. The Morgan fingerprint density at radius 1 is 1.57 bits per heavy atom. The van der Waals surface area contributed by atoms with E-state index in [0.29, 0.717) is 19.0 Å². The Labute approximate surface area is 86.1 Å².